The van der Waals surface area contributed by atoms with Crippen molar-refractivity contribution >= 4 is 0 Å². The Morgan fingerprint density at radius 1 is 1.56 bits per heavy atom. The summed E-state index contributed by atoms with van der Waals surface area (Å²) in [5.41, 5.74) is 5.69. The lowest BCUT2D eigenvalue weighted by Gasteiger charge is -2.30. The van der Waals surface area contributed by atoms with E-state index in [1.807, 2.05) is 6.92 Å². The zero-order valence-corrected chi connectivity index (χ0v) is 9.19. The summed E-state index contributed by atoms with van der Waals surface area (Å²) in [6.07, 6.45) is -0.158. The van der Waals surface area contributed by atoms with Crippen molar-refractivity contribution in [2.45, 2.75) is 18.6 Å². The predicted octanol–water partition coefficient (Wildman–Crippen LogP) is 1.01. The molecule has 1 aromatic rings. The molecule has 3 nitrogen and oxygen atoms in total. The Morgan fingerprint density at radius 2 is 2.25 bits per heavy atom. The molecule has 4 heteroatoms. The molecule has 3 N–H and O–H groups in total. The lowest BCUT2D eigenvalue weighted by atomic mass is 9.79. The minimum absolute atomic E-state index is 0.105. The van der Waals surface area contributed by atoms with Crippen LogP contribution in [0.1, 0.15) is 12.5 Å². The van der Waals surface area contributed by atoms with Crippen LogP contribution in [0.25, 0.3) is 0 Å². The van der Waals surface area contributed by atoms with Gasteiger partial charge in [-0.3, -0.25) is 0 Å². The number of hydrogen-bond acceptors (Lipinski definition) is 3. The van der Waals surface area contributed by atoms with E-state index in [-0.39, 0.29) is 31.1 Å². The van der Waals surface area contributed by atoms with Crippen molar-refractivity contribution in [2.24, 2.45) is 11.7 Å². The maximum atomic E-state index is 13.7. The van der Waals surface area contributed by atoms with Gasteiger partial charge >= 0.3 is 0 Å². The first-order chi connectivity index (χ1) is 7.59. The molecular formula is C12H16FNO2. The molecule has 0 bridgehead atoms. The summed E-state index contributed by atoms with van der Waals surface area (Å²) >= 11 is 0. The topological polar surface area (TPSA) is 55.5 Å². The number of rotatable bonds is 2. The van der Waals surface area contributed by atoms with Gasteiger partial charge < -0.3 is 15.6 Å². The van der Waals surface area contributed by atoms with E-state index in [4.69, 9.17) is 10.5 Å². The number of halogens is 1. The molecule has 0 saturated carbocycles. The molecule has 16 heavy (non-hydrogen) atoms. The molecule has 0 aromatic heterocycles. The lowest BCUT2D eigenvalue weighted by Crippen LogP contribution is -2.47. The highest BCUT2D eigenvalue weighted by molar-refractivity contribution is 5.28. The van der Waals surface area contributed by atoms with Crippen LogP contribution in [0.4, 0.5) is 4.39 Å². The Kier molecular flexibility index (Phi) is 2.97. The van der Waals surface area contributed by atoms with E-state index in [1.165, 1.54) is 6.07 Å². The third-order valence-electron chi connectivity index (χ3n) is 3.39. The lowest BCUT2D eigenvalue weighted by molar-refractivity contribution is 0.0861. The molecule has 0 radical (unpaired) electrons. The Balaban J connectivity index is 2.42. The summed E-state index contributed by atoms with van der Waals surface area (Å²) in [4.78, 5) is 0. The van der Waals surface area contributed by atoms with Crippen LogP contribution in [0.3, 0.4) is 0 Å². The maximum absolute atomic E-state index is 13.7. The van der Waals surface area contributed by atoms with Crippen molar-refractivity contribution < 1.29 is 14.2 Å². The second kappa shape index (κ2) is 4.13. The van der Waals surface area contributed by atoms with Crippen molar-refractivity contribution in [1.82, 2.24) is 0 Å². The molecule has 1 aromatic carbocycles. The first kappa shape index (κ1) is 11.5. The second-order valence-electron chi connectivity index (χ2n) is 4.33. The third kappa shape index (κ3) is 1.63. The van der Waals surface area contributed by atoms with Crippen LogP contribution in [0.2, 0.25) is 0 Å². The van der Waals surface area contributed by atoms with Crippen molar-refractivity contribution in [2.75, 3.05) is 13.2 Å². The fourth-order valence-electron chi connectivity index (χ4n) is 2.34. The Hall–Kier alpha value is -0.970. The maximum Gasteiger partial charge on any atom is 0.128 e. The molecule has 0 spiro atoms. The average molecular weight is 225 g/mol. The van der Waals surface area contributed by atoms with E-state index in [0.29, 0.717) is 5.56 Å². The van der Waals surface area contributed by atoms with Crippen LogP contribution in [0.15, 0.2) is 24.3 Å². The minimum atomic E-state index is -0.931. The smallest absolute Gasteiger partial charge is 0.128 e. The van der Waals surface area contributed by atoms with E-state index < -0.39 is 5.54 Å². The van der Waals surface area contributed by atoms with Crippen LogP contribution in [-0.2, 0) is 10.3 Å². The third-order valence-corrected chi connectivity index (χ3v) is 3.39. The fourth-order valence-corrected chi connectivity index (χ4v) is 2.34. The SMILES string of the molecule is C[C@@H]1OC[C@@](N)(c2ccccc2F)[C@H]1CO. The van der Waals surface area contributed by atoms with Crippen LogP contribution in [0, 0.1) is 11.7 Å². The molecule has 1 fully saturated rings. The number of benzene rings is 1. The van der Waals surface area contributed by atoms with Gasteiger partial charge in [-0.1, -0.05) is 18.2 Å². The molecule has 0 amide bonds. The van der Waals surface area contributed by atoms with Gasteiger partial charge in [0.15, 0.2) is 0 Å². The monoisotopic (exact) mass is 225 g/mol. The van der Waals surface area contributed by atoms with Gasteiger partial charge in [-0.05, 0) is 13.0 Å². The van der Waals surface area contributed by atoms with E-state index >= 15 is 0 Å². The number of ether oxygens (including phenoxy) is 1. The Morgan fingerprint density at radius 3 is 2.88 bits per heavy atom. The number of aliphatic hydroxyl groups is 1. The molecule has 1 aliphatic heterocycles. The van der Waals surface area contributed by atoms with Gasteiger partial charge in [0, 0.05) is 11.5 Å². The predicted molar refractivity (Wildman–Crippen MR) is 58.3 cm³/mol. The molecule has 1 aliphatic rings. The number of nitrogens with two attached hydrogens (primary N) is 1. The van der Waals surface area contributed by atoms with E-state index in [0.717, 1.165) is 0 Å². The van der Waals surface area contributed by atoms with E-state index in [9.17, 15) is 9.50 Å². The normalized spacial score (nSPS) is 34.2. The average Bonchev–Trinajstić information content (AvgIpc) is 2.56. The number of hydrogen-bond donors (Lipinski definition) is 2. The minimum Gasteiger partial charge on any atom is -0.396 e. The first-order valence-electron chi connectivity index (χ1n) is 5.36. The molecule has 2 rings (SSSR count). The van der Waals surface area contributed by atoms with Crippen LogP contribution >= 0.6 is 0 Å². The van der Waals surface area contributed by atoms with Gasteiger partial charge in [0.05, 0.1) is 24.9 Å². The highest BCUT2D eigenvalue weighted by atomic mass is 19.1. The summed E-state index contributed by atoms with van der Waals surface area (Å²) in [5, 5.41) is 9.34. The van der Waals surface area contributed by atoms with Crippen molar-refractivity contribution in [3.63, 3.8) is 0 Å². The van der Waals surface area contributed by atoms with E-state index in [1.54, 1.807) is 18.2 Å². The quantitative estimate of drug-likeness (QED) is 0.789. The molecule has 1 heterocycles. The highest BCUT2D eigenvalue weighted by Gasteiger charge is 2.47. The Labute approximate surface area is 94.0 Å². The molecule has 3 atom stereocenters. The second-order valence-corrected chi connectivity index (χ2v) is 4.33. The van der Waals surface area contributed by atoms with Gasteiger partial charge in [0.1, 0.15) is 5.82 Å². The van der Waals surface area contributed by atoms with Gasteiger partial charge in [-0.25, -0.2) is 4.39 Å². The zero-order chi connectivity index (χ0) is 11.8. The standard InChI is InChI=1S/C12H16FNO2/c1-8-10(6-15)12(14,7-16-8)9-4-2-3-5-11(9)13/h2-5,8,10,15H,6-7,14H2,1H3/t8-,10-,12+/m0/s1. The molecule has 88 valence electrons. The van der Waals surface area contributed by atoms with Crippen molar-refractivity contribution in [1.29, 1.82) is 0 Å². The molecule has 0 unspecified atom stereocenters. The van der Waals surface area contributed by atoms with E-state index in [2.05, 4.69) is 0 Å². The molecule has 1 saturated heterocycles. The van der Waals surface area contributed by atoms with Gasteiger partial charge in [-0.2, -0.15) is 0 Å². The van der Waals surface area contributed by atoms with Gasteiger partial charge in [0.2, 0.25) is 0 Å². The Bertz CT molecular complexity index is 385. The van der Waals surface area contributed by atoms with Crippen LogP contribution in [-0.4, -0.2) is 24.4 Å². The van der Waals surface area contributed by atoms with Gasteiger partial charge in [0.25, 0.3) is 0 Å². The van der Waals surface area contributed by atoms with Gasteiger partial charge in [-0.15, -0.1) is 0 Å². The first-order valence-corrected chi connectivity index (χ1v) is 5.36. The molecular weight excluding hydrogens is 209 g/mol. The summed E-state index contributed by atoms with van der Waals surface area (Å²) in [5.74, 6) is -0.620. The zero-order valence-electron chi connectivity index (χ0n) is 9.19. The molecule has 0 aliphatic carbocycles. The highest BCUT2D eigenvalue weighted by Crippen LogP contribution is 2.37. The fraction of sp³-hybridized carbons (Fsp3) is 0.500. The number of aliphatic hydroxyl groups excluding tert-OH is 1. The summed E-state index contributed by atoms with van der Waals surface area (Å²) < 4.78 is 19.1. The van der Waals surface area contributed by atoms with Crippen LogP contribution < -0.4 is 5.73 Å². The summed E-state index contributed by atoms with van der Waals surface area (Å²) in [6, 6.07) is 6.39. The largest absolute Gasteiger partial charge is 0.396 e. The summed E-state index contributed by atoms with van der Waals surface area (Å²) in [6.45, 7) is 1.97. The summed E-state index contributed by atoms with van der Waals surface area (Å²) in [7, 11) is 0. The van der Waals surface area contributed by atoms with Crippen LogP contribution in [0.5, 0.6) is 0 Å². The van der Waals surface area contributed by atoms with Crippen molar-refractivity contribution in [3.05, 3.63) is 35.6 Å². The van der Waals surface area contributed by atoms with Crippen molar-refractivity contribution in [3.8, 4) is 0 Å².